The molecule has 1 heterocycles. The first kappa shape index (κ1) is 18.2. The van der Waals surface area contributed by atoms with E-state index in [0.29, 0.717) is 16.3 Å². The number of phenolic OH excluding ortho intramolecular Hbond substituents is 1. The molecule has 3 aromatic carbocycles. The highest BCUT2D eigenvalue weighted by atomic mass is 16.6. The number of nitro benzene ring substituents is 1. The van der Waals surface area contributed by atoms with E-state index in [-0.39, 0.29) is 34.3 Å². The number of rotatable bonds is 4. The quantitative estimate of drug-likeness (QED) is 0.511. The van der Waals surface area contributed by atoms with Gasteiger partial charge in [0.25, 0.3) is 11.6 Å². The van der Waals surface area contributed by atoms with Gasteiger partial charge in [0.05, 0.1) is 9.85 Å². The van der Waals surface area contributed by atoms with Crippen molar-refractivity contribution in [2.45, 2.75) is 5.92 Å². The Kier molecular flexibility index (Phi) is 4.27. The molecule has 0 spiro atoms. The Morgan fingerprint density at radius 1 is 1.03 bits per heavy atom. The Labute approximate surface area is 164 Å². The second-order valence-electron chi connectivity index (χ2n) is 6.43. The van der Waals surface area contributed by atoms with Gasteiger partial charge in [0, 0.05) is 24.2 Å². The smallest absolute Gasteiger partial charge is 0.317 e. The third kappa shape index (κ3) is 2.80. The zero-order valence-electron chi connectivity index (χ0n) is 15.2. The van der Waals surface area contributed by atoms with Gasteiger partial charge in [0.1, 0.15) is 5.92 Å². The van der Waals surface area contributed by atoms with Gasteiger partial charge in [-0.25, -0.2) is 0 Å². The van der Waals surface area contributed by atoms with Crippen molar-refractivity contribution in [2.24, 2.45) is 0 Å². The fraction of sp³-hybridized carbons (Fsp3) is 0.100. The summed E-state index contributed by atoms with van der Waals surface area (Å²) >= 11 is 0. The number of aromatic hydroxyl groups is 1. The molecule has 0 saturated carbocycles. The van der Waals surface area contributed by atoms with Crippen LogP contribution in [0, 0.1) is 20.2 Å². The predicted octanol–water partition coefficient (Wildman–Crippen LogP) is 3.64. The second-order valence-corrected chi connectivity index (χ2v) is 6.43. The number of hydrogen-bond donors (Lipinski definition) is 2. The first-order valence-corrected chi connectivity index (χ1v) is 8.66. The third-order valence-electron chi connectivity index (χ3n) is 4.89. The van der Waals surface area contributed by atoms with E-state index in [4.69, 9.17) is 4.74 Å². The molecular weight excluding hydrogens is 378 g/mol. The van der Waals surface area contributed by atoms with E-state index < -0.39 is 15.8 Å². The lowest BCUT2D eigenvalue weighted by Gasteiger charge is -2.27. The largest absolute Gasteiger partial charge is 0.504 e. The first-order chi connectivity index (χ1) is 13.9. The molecule has 1 aliphatic heterocycles. The van der Waals surface area contributed by atoms with Crippen molar-refractivity contribution in [1.29, 1.82) is 0 Å². The molecule has 0 bridgehead atoms. The zero-order valence-corrected chi connectivity index (χ0v) is 15.2. The highest BCUT2D eigenvalue weighted by Gasteiger charge is 2.44. The number of nitrogens with one attached hydrogen (secondary N) is 1. The molecule has 9 heteroatoms. The Hall–Kier alpha value is -4.14. The van der Waals surface area contributed by atoms with Gasteiger partial charge in [-0.2, -0.15) is 0 Å². The maximum Gasteiger partial charge on any atom is 0.317 e. The SMILES string of the molecule is CNC1=C([N+](=O)[O-])C(c2ccccc2[N+](=O)[O-])c2c(c(O)cc3ccccc23)O1. The van der Waals surface area contributed by atoms with Crippen LogP contribution in [0.3, 0.4) is 0 Å². The van der Waals surface area contributed by atoms with Crippen LogP contribution in [0.4, 0.5) is 5.69 Å². The van der Waals surface area contributed by atoms with E-state index in [2.05, 4.69) is 5.32 Å². The molecule has 0 aliphatic carbocycles. The van der Waals surface area contributed by atoms with Crippen molar-refractivity contribution in [3.63, 3.8) is 0 Å². The highest BCUT2D eigenvalue weighted by molar-refractivity contribution is 5.92. The Morgan fingerprint density at radius 3 is 2.41 bits per heavy atom. The topological polar surface area (TPSA) is 128 Å². The monoisotopic (exact) mass is 393 g/mol. The average Bonchev–Trinajstić information content (AvgIpc) is 2.72. The molecule has 0 saturated heterocycles. The summed E-state index contributed by atoms with van der Waals surface area (Å²) in [4.78, 5) is 22.5. The number of phenols is 1. The molecule has 0 amide bonds. The molecule has 3 aromatic rings. The number of benzene rings is 3. The van der Waals surface area contributed by atoms with Gasteiger partial charge in [0.2, 0.25) is 0 Å². The van der Waals surface area contributed by atoms with Gasteiger partial charge < -0.3 is 15.2 Å². The molecular formula is C20H15N3O6. The molecule has 9 nitrogen and oxygen atoms in total. The van der Waals surface area contributed by atoms with E-state index in [1.807, 2.05) is 0 Å². The van der Waals surface area contributed by atoms with E-state index in [1.165, 1.54) is 31.3 Å². The molecule has 0 radical (unpaired) electrons. The van der Waals surface area contributed by atoms with Crippen LogP contribution in [0.15, 0.2) is 66.2 Å². The summed E-state index contributed by atoms with van der Waals surface area (Å²) in [6.07, 6.45) is 0. The number of nitro groups is 2. The van der Waals surface area contributed by atoms with Crippen molar-refractivity contribution in [1.82, 2.24) is 5.32 Å². The van der Waals surface area contributed by atoms with Crippen LogP contribution >= 0.6 is 0 Å². The fourth-order valence-corrected chi connectivity index (χ4v) is 3.73. The van der Waals surface area contributed by atoms with Crippen LogP contribution in [0.25, 0.3) is 10.8 Å². The third-order valence-corrected chi connectivity index (χ3v) is 4.89. The number of hydrogen-bond acceptors (Lipinski definition) is 7. The van der Waals surface area contributed by atoms with Crippen molar-refractivity contribution in [2.75, 3.05) is 7.05 Å². The van der Waals surface area contributed by atoms with Crippen molar-refractivity contribution in [3.8, 4) is 11.5 Å². The van der Waals surface area contributed by atoms with Gasteiger partial charge in [-0.05, 0) is 16.8 Å². The number of fused-ring (bicyclic) bond motifs is 3. The van der Waals surface area contributed by atoms with Gasteiger partial charge in [0.15, 0.2) is 11.5 Å². The molecule has 146 valence electrons. The number of para-hydroxylation sites is 1. The first-order valence-electron chi connectivity index (χ1n) is 8.66. The summed E-state index contributed by atoms with van der Waals surface area (Å²) in [5.74, 6) is -1.50. The van der Waals surface area contributed by atoms with E-state index in [1.54, 1.807) is 30.3 Å². The molecule has 0 fully saturated rings. The molecule has 0 aromatic heterocycles. The van der Waals surface area contributed by atoms with Crippen LogP contribution in [-0.2, 0) is 0 Å². The minimum Gasteiger partial charge on any atom is -0.504 e. The summed E-state index contributed by atoms with van der Waals surface area (Å²) < 4.78 is 5.65. The molecule has 2 N–H and O–H groups in total. The van der Waals surface area contributed by atoms with Crippen LogP contribution in [0.2, 0.25) is 0 Å². The van der Waals surface area contributed by atoms with E-state index in [0.717, 1.165) is 0 Å². The van der Waals surface area contributed by atoms with Crippen LogP contribution in [0.5, 0.6) is 11.5 Å². The Bertz CT molecular complexity index is 1200. The van der Waals surface area contributed by atoms with Crippen LogP contribution in [-0.4, -0.2) is 22.0 Å². The fourth-order valence-electron chi connectivity index (χ4n) is 3.73. The Balaban J connectivity index is 2.16. The molecule has 29 heavy (non-hydrogen) atoms. The second kappa shape index (κ2) is 6.79. The number of ether oxygens (including phenoxy) is 1. The summed E-state index contributed by atoms with van der Waals surface area (Å²) in [5.41, 5.74) is -0.185. The van der Waals surface area contributed by atoms with Gasteiger partial charge >= 0.3 is 5.70 Å². The normalized spacial score (nSPS) is 15.6. The minimum atomic E-state index is -1.13. The lowest BCUT2D eigenvalue weighted by Crippen LogP contribution is -2.28. The van der Waals surface area contributed by atoms with E-state index in [9.17, 15) is 25.3 Å². The lowest BCUT2D eigenvalue weighted by atomic mass is 9.82. The Morgan fingerprint density at radius 2 is 1.72 bits per heavy atom. The standard InChI is InChI=1S/C20H15N3O6/c1-21-20-18(23(27)28)16(13-8-4-5-9-14(13)22(25)26)17-12-7-3-2-6-11(12)10-15(24)19(17)29-20/h2-10,16,21,24H,1H3. The number of allylic oxidation sites excluding steroid dienone is 1. The minimum absolute atomic E-state index is 0.0294. The maximum absolute atomic E-state index is 12.0. The predicted molar refractivity (Wildman–Crippen MR) is 104 cm³/mol. The van der Waals surface area contributed by atoms with Crippen molar-refractivity contribution < 1.29 is 19.7 Å². The van der Waals surface area contributed by atoms with E-state index >= 15 is 0 Å². The zero-order chi connectivity index (χ0) is 20.7. The molecule has 1 aliphatic rings. The number of nitrogens with zero attached hydrogens (tertiary/aromatic N) is 2. The van der Waals surface area contributed by atoms with Crippen molar-refractivity contribution >= 4 is 16.5 Å². The van der Waals surface area contributed by atoms with Gasteiger partial charge in [-0.15, -0.1) is 0 Å². The average molecular weight is 393 g/mol. The lowest BCUT2D eigenvalue weighted by molar-refractivity contribution is -0.433. The van der Waals surface area contributed by atoms with Crippen LogP contribution < -0.4 is 10.1 Å². The van der Waals surface area contributed by atoms with Gasteiger partial charge in [-0.3, -0.25) is 20.2 Å². The summed E-state index contributed by atoms with van der Waals surface area (Å²) in [6, 6.07) is 14.3. The molecule has 1 atom stereocenters. The summed E-state index contributed by atoms with van der Waals surface area (Å²) in [5, 5.41) is 38.1. The van der Waals surface area contributed by atoms with Crippen LogP contribution in [0.1, 0.15) is 17.0 Å². The summed E-state index contributed by atoms with van der Waals surface area (Å²) in [7, 11) is 1.44. The van der Waals surface area contributed by atoms with Crippen molar-refractivity contribution in [3.05, 3.63) is 97.5 Å². The molecule has 1 unspecified atom stereocenters. The molecule has 4 rings (SSSR count). The maximum atomic E-state index is 12.0. The highest BCUT2D eigenvalue weighted by Crippen LogP contribution is 2.51. The van der Waals surface area contributed by atoms with Gasteiger partial charge in [-0.1, -0.05) is 42.5 Å². The summed E-state index contributed by atoms with van der Waals surface area (Å²) in [6.45, 7) is 0.